The number of hydrogen-bond donors (Lipinski definition) is 3. The summed E-state index contributed by atoms with van der Waals surface area (Å²) in [6.45, 7) is 4.54. The molecular formula is C11H15N5OS2. The zero-order chi connectivity index (χ0) is 13.8. The predicted octanol–water partition coefficient (Wildman–Crippen LogP) is 1.51. The summed E-state index contributed by atoms with van der Waals surface area (Å²) in [5, 5.41) is 4.50. The number of carbonyl (C=O) groups is 1. The maximum atomic E-state index is 11.5. The van der Waals surface area contributed by atoms with E-state index in [0.29, 0.717) is 18.2 Å². The van der Waals surface area contributed by atoms with E-state index in [-0.39, 0.29) is 5.91 Å². The number of aromatic nitrogens is 2. The van der Waals surface area contributed by atoms with Crippen molar-refractivity contribution < 1.29 is 4.79 Å². The number of hydrogen-bond acceptors (Lipinski definition) is 7. The molecule has 2 aromatic rings. The molecular weight excluding hydrogens is 282 g/mol. The van der Waals surface area contributed by atoms with Crippen LogP contribution in [0.3, 0.4) is 0 Å². The van der Waals surface area contributed by atoms with Crippen molar-refractivity contribution >= 4 is 45.2 Å². The average molecular weight is 297 g/mol. The minimum absolute atomic E-state index is 0.00604. The Morgan fingerprint density at radius 3 is 3.00 bits per heavy atom. The molecule has 0 aromatic carbocycles. The van der Waals surface area contributed by atoms with E-state index in [1.807, 2.05) is 19.9 Å². The minimum Gasteiger partial charge on any atom is -0.356 e. The highest BCUT2D eigenvalue weighted by molar-refractivity contribution is 8.00. The van der Waals surface area contributed by atoms with Crippen LogP contribution in [0.2, 0.25) is 0 Å². The second kappa shape index (κ2) is 6.18. The molecule has 2 rings (SSSR count). The molecule has 4 N–H and O–H groups in total. The number of thiophene rings is 1. The van der Waals surface area contributed by atoms with Gasteiger partial charge in [0.1, 0.15) is 9.86 Å². The molecule has 0 spiro atoms. The standard InChI is InChI=1S/C11H15N5OS2/c1-3-13-8(17)5-18-9-7-4-6(2)19-10(7)15-11(14-9)16-12/h4H,3,5,12H2,1-2H3,(H,13,17)(H,14,15,16). The lowest BCUT2D eigenvalue weighted by Gasteiger charge is -2.05. The first-order chi connectivity index (χ1) is 9.13. The fourth-order valence-electron chi connectivity index (χ4n) is 1.57. The van der Waals surface area contributed by atoms with E-state index in [9.17, 15) is 4.79 Å². The van der Waals surface area contributed by atoms with Crippen molar-refractivity contribution in [1.29, 1.82) is 0 Å². The molecule has 0 fully saturated rings. The van der Waals surface area contributed by atoms with E-state index in [2.05, 4.69) is 20.7 Å². The molecule has 0 aliphatic heterocycles. The summed E-state index contributed by atoms with van der Waals surface area (Å²) in [6.07, 6.45) is 0. The van der Waals surface area contributed by atoms with Gasteiger partial charge in [0, 0.05) is 16.8 Å². The van der Waals surface area contributed by atoms with E-state index < -0.39 is 0 Å². The van der Waals surface area contributed by atoms with E-state index >= 15 is 0 Å². The molecule has 0 aliphatic carbocycles. The number of nitrogens with two attached hydrogens (primary N) is 1. The zero-order valence-corrected chi connectivity index (χ0v) is 12.3. The predicted molar refractivity (Wildman–Crippen MR) is 79.4 cm³/mol. The topological polar surface area (TPSA) is 92.9 Å². The minimum atomic E-state index is -0.00604. The SMILES string of the molecule is CCNC(=O)CSc1nc(NN)nc2sc(C)cc12. The fraction of sp³-hybridized carbons (Fsp3) is 0.364. The van der Waals surface area contributed by atoms with Crippen LogP contribution in [0, 0.1) is 6.92 Å². The number of nitrogens with zero attached hydrogens (tertiary/aromatic N) is 2. The average Bonchev–Trinajstić information content (AvgIpc) is 2.76. The molecule has 0 saturated heterocycles. The summed E-state index contributed by atoms with van der Waals surface area (Å²) < 4.78 is 0. The Hall–Kier alpha value is -1.38. The van der Waals surface area contributed by atoms with Crippen molar-refractivity contribution in [1.82, 2.24) is 15.3 Å². The molecule has 8 heteroatoms. The first-order valence-electron chi connectivity index (χ1n) is 5.78. The summed E-state index contributed by atoms with van der Waals surface area (Å²) >= 11 is 2.97. The molecule has 0 aliphatic rings. The summed E-state index contributed by atoms with van der Waals surface area (Å²) in [6, 6.07) is 2.03. The van der Waals surface area contributed by atoms with Crippen molar-refractivity contribution in [2.75, 3.05) is 17.7 Å². The maximum absolute atomic E-state index is 11.5. The lowest BCUT2D eigenvalue weighted by Crippen LogP contribution is -2.24. The van der Waals surface area contributed by atoms with Gasteiger partial charge in [0.2, 0.25) is 11.9 Å². The zero-order valence-electron chi connectivity index (χ0n) is 10.7. The molecule has 2 heterocycles. The van der Waals surface area contributed by atoms with Gasteiger partial charge in [-0.1, -0.05) is 11.8 Å². The summed E-state index contributed by atoms with van der Waals surface area (Å²) in [5.74, 6) is 6.06. The smallest absolute Gasteiger partial charge is 0.239 e. The van der Waals surface area contributed by atoms with Gasteiger partial charge in [0.05, 0.1) is 5.75 Å². The largest absolute Gasteiger partial charge is 0.356 e. The molecule has 0 unspecified atom stereocenters. The highest BCUT2D eigenvalue weighted by Gasteiger charge is 2.12. The van der Waals surface area contributed by atoms with Crippen LogP contribution in [0.15, 0.2) is 11.1 Å². The van der Waals surface area contributed by atoms with Gasteiger partial charge in [-0.15, -0.1) is 11.3 Å². The number of aryl methyl sites for hydroxylation is 1. The van der Waals surface area contributed by atoms with Crippen LogP contribution < -0.4 is 16.6 Å². The van der Waals surface area contributed by atoms with Gasteiger partial charge in [-0.2, -0.15) is 0 Å². The van der Waals surface area contributed by atoms with Crippen molar-refractivity contribution in [3.05, 3.63) is 10.9 Å². The molecule has 6 nitrogen and oxygen atoms in total. The number of nitrogen functional groups attached to an aromatic ring is 1. The number of hydrazine groups is 1. The Labute approximate surface area is 119 Å². The van der Waals surface area contributed by atoms with Crippen LogP contribution in [0.25, 0.3) is 10.2 Å². The summed E-state index contributed by atoms with van der Waals surface area (Å²) in [7, 11) is 0. The number of amides is 1. The van der Waals surface area contributed by atoms with Crippen LogP contribution in [0.1, 0.15) is 11.8 Å². The van der Waals surface area contributed by atoms with Crippen LogP contribution >= 0.6 is 23.1 Å². The van der Waals surface area contributed by atoms with Crippen LogP contribution in [-0.4, -0.2) is 28.2 Å². The van der Waals surface area contributed by atoms with Crippen molar-refractivity contribution in [2.24, 2.45) is 5.84 Å². The quantitative estimate of drug-likeness (QED) is 0.335. The van der Waals surface area contributed by atoms with E-state index in [4.69, 9.17) is 5.84 Å². The molecule has 102 valence electrons. The van der Waals surface area contributed by atoms with E-state index in [1.165, 1.54) is 11.8 Å². The third kappa shape index (κ3) is 3.34. The van der Waals surface area contributed by atoms with Crippen LogP contribution in [0.4, 0.5) is 5.95 Å². The molecule has 0 bridgehead atoms. The van der Waals surface area contributed by atoms with Crippen LogP contribution in [0.5, 0.6) is 0 Å². The van der Waals surface area contributed by atoms with Gasteiger partial charge in [0.15, 0.2) is 0 Å². The third-order valence-corrected chi connectivity index (χ3v) is 4.26. The van der Waals surface area contributed by atoms with Crippen molar-refractivity contribution in [2.45, 2.75) is 18.9 Å². The summed E-state index contributed by atoms with van der Waals surface area (Å²) in [4.78, 5) is 22.1. The Balaban J connectivity index is 2.27. The maximum Gasteiger partial charge on any atom is 0.239 e. The molecule has 0 radical (unpaired) electrons. The van der Waals surface area contributed by atoms with Gasteiger partial charge < -0.3 is 5.32 Å². The highest BCUT2D eigenvalue weighted by atomic mass is 32.2. The Morgan fingerprint density at radius 1 is 1.53 bits per heavy atom. The van der Waals surface area contributed by atoms with Crippen LogP contribution in [-0.2, 0) is 4.79 Å². The first kappa shape index (κ1) is 14.0. The third-order valence-electron chi connectivity index (χ3n) is 2.32. The number of rotatable bonds is 5. The Bertz CT molecular complexity index is 598. The summed E-state index contributed by atoms with van der Waals surface area (Å²) in [5.41, 5.74) is 2.45. The fourth-order valence-corrected chi connectivity index (χ4v) is 3.35. The monoisotopic (exact) mass is 297 g/mol. The molecule has 0 atom stereocenters. The molecule has 19 heavy (non-hydrogen) atoms. The first-order valence-corrected chi connectivity index (χ1v) is 7.58. The second-order valence-electron chi connectivity index (χ2n) is 3.81. The highest BCUT2D eigenvalue weighted by Crippen LogP contribution is 2.31. The lowest BCUT2D eigenvalue weighted by molar-refractivity contribution is -0.118. The number of anilines is 1. The second-order valence-corrected chi connectivity index (χ2v) is 6.01. The van der Waals surface area contributed by atoms with Gasteiger partial charge in [-0.05, 0) is 19.9 Å². The van der Waals surface area contributed by atoms with Crippen molar-refractivity contribution in [3.63, 3.8) is 0 Å². The van der Waals surface area contributed by atoms with Gasteiger partial charge in [0.25, 0.3) is 0 Å². The number of fused-ring (bicyclic) bond motifs is 1. The number of thioether (sulfide) groups is 1. The normalized spacial score (nSPS) is 10.7. The van der Waals surface area contributed by atoms with E-state index in [0.717, 1.165) is 20.1 Å². The molecule has 0 saturated carbocycles. The Kier molecular flexibility index (Phi) is 4.56. The molecule has 2 aromatic heterocycles. The van der Waals surface area contributed by atoms with Gasteiger partial charge >= 0.3 is 0 Å². The molecule has 1 amide bonds. The Morgan fingerprint density at radius 2 is 2.32 bits per heavy atom. The van der Waals surface area contributed by atoms with Crippen molar-refractivity contribution in [3.8, 4) is 0 Å². The number of nitrogens with one attached hydrogen (secondary N) is 2. The van der Waals surface area contributed by atoms with Gasteiger partial charge in [-0.3, -0.25) is 10.2 Å². The number of carbonyl (C=O) groups excluding carboxylic acids is 1. The van der Waals surface area contributed by atoms with E-state index in [1.54, 1.807) is 11.3 Å². The van der Waals surface area contributed by atoms with Gasteiger partial charge in [-0.25, -0.2) is 15.8 Å². The lowest BCUT2D eigenvalue weighted by atomic mass is 10.4.